The SMILES string of the molecule is COc1ccc([C@H](C)NC(C)C(=O)OC(C)(C)C)cc1. The van der Waals surface area contributed by atoms with Gasteiger partial charge in [0.25, 0.3) is 0 Å². The molecular weight excluding hydrogens is 254 g/mol. The minimum atomic E-state index is -0.462. The maximum Gasteiger partial charge on any atom is 0.323 e. The Kier molecular flexibility index (Phi) is 5.57. The van der Waals surface area contributed by atoms with Gasteiger partial charge >= 0.3 is 5.97 Å². The average molecular weight is 279 g/mol. The molecule has 1 aromatic rings. The summed E-state index contributed by atoms with van der Waals surface area (Å²) in [7, 11) is 1.64. The van der Waals surface area contributed by atoms with E-state index in [0.717, 1.165) is 11.3 Å². The summed E-state index contributed by atoms with van der Waals surface area (Å²) in [4.78, 5) is 11.9. The quantitative estimate of drug-likeness (QED) is 0.841. The largest absolute Gasteiger partial charge is 0.497 e. The first-order valence-corrected chi connectivity index (χ1v) is 6.86. The van der Waals surface area contributed by atoms with Gasteiger partial charge in [0.1, 0.15) is 17.4 Å². The molecule has 0 saturated heterocycles. The molecule has 1 aromatic carbocycles. The lowest BCUT2D eigenvalue weighted by Crippen LogP contribution is -2.40. The minimum Gasteiger partial charge on any atom is -0.497 e. The lowest BCUT2D eigenvalue weighted by molar-refractivity contribution is -0.157. The van der Waals surface area contributed by atoms with Crippen molar-refractivity contribution in [2.45, 2.75) is 52.3 Å². The molecule has 0 bridgehead atoms. The summed E-state index contributed by atoms with van der Waals surface area (Å²) in [6, 6.07) is 7.49. The fourth-order valence-corrected chi connectivity index (χ4v) is 1.82. The monoisotopic (exact) mass is 279 g/mol. The number of rotatable bonds is 5. The van der Waals surface area contributed by atoms with Crippen LogP contribution in [0.2, 0.25) is 0 Å². The molecule has 2 atom stereocenters. The Morgan fingerprint density at radius 3 is 2.15 bits per heavy atom. The Morgan fingerprint density at radius 2 is 1.70 bits per heavy atom. The summed E-state index contributed by atoms with van der Waals surface area (Å²) in [5, 5.41) is 3.24. The van der Waals surface area contributed by atoms with Crippen molar-refractivity contribution < 1.29 is 14.3 Å². The van der Waals surface area contributed by atoms with Crippen molar-refractivity contribution >= 4 is 5.97 Å². The zero-order valence-corrected chi connectivity index (χ0v) is 13.2. The maximum atomic E-state index is 11.9. The molecule has 4 heteroatoms. The number of carbonyl (C=O) groups is 1. The van der Waals surface area contributed by atoms with Crippen LogP contribution in [0.1, 0.15) is 46.2 Å². The number of methoxy groups -OCH3 is 1. The molecule has 0 saturated carbocycles. The van der Waals surface area contributed by atoms with Crippen LogP contribution in [0.25, 0.3) is 0 Å². The summed E-state index contributed by atoms with van der Waals surface area (Å²) in [6.45, 7) is 9.43. The first-order chi connectivity index (χ1) is 9.23. The van der Waals surface area contributed by atoms with Crippen molar-refractivity contribution in [3.63, 3.8) is 0 Å². The van der Waals surface area contributed by atoms with E-state index >= 15 is 0 Å². The molecule has 4 nitrogen and oxygen atoms in total. The molecule has 0 fully saturated rings. The standard InChI is InChI=1S/C16H25NO3/c1-11(13-7-9-14(19-6)10-8-13)17-12(2)15(18)20-16(3,4)5/h7-12,17H,1-6H3/t11-,12?/m0/s1. The first-order valence-electron chi connectivity index (χ1n) is 6.86. The molecule has 112 valence electrons. The molecule has 1 N–H and O–H groups in total. The zero-order chi connectivity index (χ0) is 15.3. The molecule has 1 rings (SSSR count). The van der Waals surface area contributed by atoms with Crippen molar-refractivity contribution in [1.29, 1.82) is 0 Å². The summed E-state index contributed by atoms with van der Waals surface area (Å²) < 4.78 is 10.5. The van der Waals surface area contributed by atoms with Gasteiger partial charge in [-0.05, 0) is 52.3 Å². The van der Waals surface area contributed by atoms with Gasteiger partial charge in [0.05, 0.1) is 7.11 Å². The topological polar surface area (TPSA) is 47.6 Å². The third-order valence-electron chi connectivity index (χ3n) is 2.88. The van der Waals surface area contributed by atoms with Crippen molar-refractivity contribution in [3.8, 4) is 5.75 Å². The van der Waals surface area contributed by atoms with Crippen LogP contribution in [-0.2, 0) is 9.53 Å². The van der Waals surface area contributed by atoms with E-state index in [0.29, 0.717) is 0 Å². The summed E-state index contributed by atoms with van der Waals surface area (Å²) in [5.41, 5.74) is 0.636. The molecule has 0 spiro atoms. The van der Waals surface area contributed by atoms with Crippen molar-refractivity contribution in [2.75, 3.05) is 7.11 Å². The highest BCUT2D eigenvalue weighted by atomic mass is 16.6. The second-order valence-electron chi connectivity index (χ2n) is 5.92. The Labute approximate surface area is 121 Å². The van der Waals surface area contributed by atoms with Crippen LogP contribution in [0.15, 0.2) is 24.3 Å². The number of benzene rings is 1. The van der Waals surface area contributed by atoms with Crippen LogP contribution >= 0.6 is 0 Å². The third kappa shape index (κ3) is 5.21. The Balaban J connectivity index is 2.60. The molecule has 0 aliphatic heterocycles. The molecule has 0 aliphatic rings. The Hall–Kier alpha value is -1.55. The molecule has 0 amide bonds. The predicted molar refractivity (Wildman–Crippen MR) is 79.9 cm³/mol. The van der Waals surface area contributed by atoms with E-state index in [9.17, 15) is 4.79 Å². The van der Waals surface area contributed by atoms with Crippen LogP contribution < -0.4 is 10.1 Å². The Bertz CT molecular complexity index is 434. The average Bonchev–Trinajstić information content (AvgIpc) is 2.36. The molecule has 0 radical (unpaired) electrons. The number of carbonyl (C=O) groups excluding carboxylic acids is 1. The number of nitrogens with one attached hydrogen (secondary N) is 1. The van der Waals surface area contributed by atoms with E-state index < -0.39 is 5.60 Å². The normalized spacial score (nSPS) is 14.5. The van der Waals surface area contributed by atoms with Crippen molar-refractivity contribution in [1.82, 2.24) is 5.32 Å². The van der Waals surface area contributed by atoms with Gasteiger partial charge in [0, 0.05) is 6.04 Å². The fourth-order valence-electron chi connectivity index (χ4n) is 1.82. The van der Waals surface area contributed by atoms with Gasteiger partial charge in [0.2, 0.25) is 0 Å². The van der Waals surface area contributed by atoms with Gasteiger partial charge in [-0.2, -0.15) is 0 Å². The third-order valence-corrected chi connectivity index (χ3v) is 2.88. The lowest BCUT2D eigenvalue weighted by atomic mass is 10.1. The molecule has 0 aromatic heterocycles. The molecule has 0 aliphatic carbocycles. The van der Waals surface area contributed by atoms with E-state index in [2.05, 4.69) is 5.32 Å². The number of hydrogen-bond donors (Lipinski definition) is 1. The van der Waals surface area contributed by atoms with Gasteiger partial charge in [-0.1, -0.05) is 12.1 Å². The second-order valence-corrected chi connectivity index (χ2v) is 5.92. The first kappa shape index (κ1) is 16.5. The summed E-state index contributed by atoms with van der Waals surface area (Å²) in [5.74, 6) is 0.582. The highest BCUT2D eigenvalue weighted by Crippen LogP contribution is 2.18. The summed E-state index contributed by atoms with van der Waals surface area (Å²) in [6.07, 6.45) is 0. The maximum absolute atomic E-state index is 11.9. The molecule has 0 heterocycles. The van der Waals surface area contributed by atoms with Crippen LogP contribution in [0.5, 0.6) is 5.75 Å². The Morgan fingerprint density at radius 1 is 1.15 bits per heavy atom. The van der Waals surface area contributed by atoms with E-state index in [-0.39, 0.29) is 18.1 Å². The van der Waals surface area contributed by atoms with Crippen LogP contribution in [-0.4, -0.2) is 24.7 Å². The predicted octanol–water partition coefficient (Wildman–Crippen LogP) is 3.08. The second kappa shape index (κ2) is 6.75. The lowest BCUT2D eigenvalue weighted by Gasteiger charge is -2.25. The van der Waals surface area contributed by atoms with Gasteiger partial charge in [-0.3, -0.25) is 10.1 Å². The molecule has 1 unspecified atom stereocenters. The highest BCUT2D eigenvalue weighted by Gasteiger charge is 2.22. The number of esters is 1. The number of hydrogen-bond acceptors (Lipinski definition) is 4. The molecular formula is C16H25NO3. The number of ether oxygens (including phenoxy) is 2. The van der Waals surface area contributed by atoms with Gasteiger partial charge in [0.15, 0.2) is 0 Å². The zero-order valence-electron chi connectivity index (χ0n) is 13.2. The summed E-state index contributed by atoms with van der Waals surface area (Å²) >= 11 is 0. The van der Waals surface area contributed by atoms with Crippen molar-refractivity contribution in [2.24, 2.45) is 0 Å². The van der Waals surface area contributed by atoms with Gasteiger partial charge in [-0.25, -0.2) is 0 Å². The van der Waals surface area contributed by atoms with E-state index in [1.807, 2.05) is 58.9 Å². The minimum absolute atomic E-state index is 0.0587. The van der Waals surface area contributed by atoms with E-state index in [1.165, 1.54) is 0 Å². The van der Waals surface area contributed by atoms with E-state index in [1.54, 1.807) is 7.11 Å². The fraction of sp³-hybridized carbons (Fsp3) is 0.562. The van der Waals surface area contributed by atoms with Crippen LogP contribution in [0, 0.1) is 0 Å². The smallest absolute Gasteiger partial charge is 0.323 e. The van der Waals surface area contributed by atoms with Gasteiger partial charge < -0.3 is 9.47 Å². The van der Waals surface area contributed by atoms with Gasteiger partial charge in [-0.15, -0.1) is 0 Å². The van der Waals surface area contributed by atoms with Crippen LogP contribution in [0.3, 0.4) is 0 Å². The highest BCUT2D eigenvalue weighted by molar-refractivity contribution is 5.75. The van der Waals surface area contributed by atoms with Crippen LogP contribution in [0.4, 0.5) is 0 Å². The molecule has 20 heavy (non-hydrogen) atoms. The van der Waals surface area contributed by atoms with Crippen molar-refractivity contribution in [3.05, 3.63) is 29.8 Å². The van der Waals surface area contributed by atoms with E-state index in [4.69, 9.17) is 9.47 Å².